The zero-order valence-corrected chi connectivity index (χ0v) is 18.6. The van der Waals surface area contributed by atoms with Gasteiger partial charge in [0.25, 0.3) is 0 Å². The van der Waals surface area contributed by atoms with E-state index < -0.39 is 10.0 Å². The van der Waals surface area contributed by atoms with Gasteiger partial charge in [0, 0.05) is 25.7 Å². The molecule has 0 amide bonds. The first-order valence-corrected chi connectivity index (χ1v) is 12.7. The summed E-state index contributed by atoms with van der Waals surface area (Å²) >= 11 is 0. The molecule has 0 N–H and O–H groups in total. The number of rotatable bonds is 5. The highest BCUT2D eigenvalue weighted by molar-refractivity contribution is 7.89. The number of piperidine rings is 2. The van der Waals surface area contributed by atoms with Crippen molar-refractivity contribution in [2.24, 2.45) is 5.92 Å². The molecule has 1 unspecified atom stereocenters. The SMILES string of the molecule is CC(C)S(=O)(=O)N1CCC(C2CCCCN2Cc2ccc3ccccc3c2)CC1. The van der Waals surface area contributed by atoms with E-state index in [1.807, 2.05) is 0 Å². The first-order valence-electron chi connectivity index (χ1n) is 11.2. The zero-order valence-electron chi connectivity index (χ0n) is 17.8. The fourth-order valence-electron chi connectivity index (χ4n) is 5.13. The number of likely N-dealkylation sites (tertiary alicyclic amines) is 1. The molecule has 2 aromatic carbocycles. The van der Waals surface area contributed by atoms with E-state index in [4.69, 9.17) is 0 Å². The van der Waals surface area contributed by atoms with Gasteiger partial charge in [-0.2, -0.15) is 0 Å². The van der Waals surface area contributed by atoms with Gasteiger partial charge >= 0.3 is 0 Å². The van der Waals surface area contributed by atoms with Crippen LogP contribution in [-0.2, 0) is 16.6 Å². The van der Waals surface area contributed by atoms with Crippen LogP contribution in [0.15, 0.2) is 42.5 Å². The van der Waals surface area contributed by atoms with Crippen LogP contribution in [-0.4, -0.2) is 48.5 Å². The third-order valence-corrected chi connectivity index (χ3v) is 9.14. The summed E-state index contributed by atoms with van der Waals surface area (Å²) in [7, 11) is -3.12. The summed E-state index contributed by atoms with van der Waals surface area (Å²) in [6.07, 6.45) is 5.79. The van der Waals surface area contributed by atoms with Gasteiger partial charge in [0.15, 0.2) is 0 Å². The Hall–Kier alpha value is -1.43. The molecule has 29 heavy (non-hydrogen) atoms. The van der Waals surface area contributed by atoms with Crippen LogP contribution < -0.4 is 0 Å². The summed E-state index contributed by atoms with van der Waals surface area (Å²) < 4.78 is 26.7. The molecule has 2 heterocycles. The minimum absolute atomic E-state index is 0.321. The summed E-state index contributed by atoms with van der Waals surface area (Å²) in [5.74, 6) is 0.606. The Morgan fingerprint density at radius 3 is 2.38 bits per heavy atom. The summed E-state index contributed by atoms with van der Waals surface area (Å²) in [5.41, 5.74) is 1.38. The van der Waals surface area contributed by atoms with Gasteiger partial charge in [0.1, 0.15) is 0 Å². The smallest absolute Gasteiger partial charge is 0.216 e. The highest BCUT2D eigenvalue weighted by atomic mass is 32.2. The van der Waals surface area contributed by atoms with Crippen molar-refractivity contribution in [3.63, 3.8) is 0 Å². The van der Waals surface area contributed by atoms with Crippen molar-refractivity contribution in [1.29, 1.82) is 0 Å². The maximum atomic E-state index is 12.5. The maximum absolute atomic E-state index is 12.5. The van der Waals surface area contributed by atoms with Gasteiger partial charge in [-0.05, 0) is 74.4 Å². The second-order valence-electron chi connectivity index (χ2n) is 9.05. The van der Waals surface area contributed by atoms with Gasteiger partial charge in [-0.15, -0.1) is 0 Å². The fraction of sp³-hybridized carbons (Fsp3) is 0.583. The molecule has 0 saturated carbocycles. The summed E-state index contributed by atoms with van der Waals surface area (Å²) in [4.78, 5) is 2.67. The Morgan fingerprint density at radius 2 is 1.66 bits per heavy atom. The monoisotopic (exact) mass is 414 g/mol. The van der Waals surface area contributed by atoms with Crippen molar-refractivity contribution >= 4 is 20.8 Å². The first kappa shape index (κ1) is 20.8. The van der Waals surface area contributed by atoms with Gasteiger partial charge in [-0.3, -0.25) is 4.90 Å². The highest BCUT2D eigenvalue weighted by Gasteiger charge is 2.36. The van der Waals surface area contributed by atoms with Crippen molar-refractivity contribution in [3.8, 4) is 0 Å². The number of hydrogen-bond acceptors (Lipinski definition) is 3. The molecule has 5 heteroatoms. The normalized spacial score (nSPS) is 23.1. The summed E-state index contributed by atoms with van der Waals surface area (Å²) in [5, 5.41) is 2.29. The van der Waals surface area contributed by atoms with Crippen molar-refractivity contribution in [1.82, 2.24) is 9.21 Å². The average molecular weight is 415 g/mol. The first-order chi connectivity index (χ1) is 13.9. The molecule has 2 aliphatic heterocycles. The van der Waals surface area contributed by atoms with E-state index in [-0.39, 0.29) is 5.25 Å². The molecule has 158 valence electrons. The third kappa shape index (κ3) is 4.52. The van der Waals surface area contributed by atoms with Crippen LogP contribution in [0.4, 0.5) is 0 Å². The predicted octanol–water partition coefficient (Wildman–Crippen LogP) is 4.64. The Kier molecular flexibility index (Phi) is 6.28. The minimum atomic E-state index is -3.12. The van der Waals surface area contributed by atoms with Crippen LogP contribution in [0.25, 0.3) is 10.8 Å². The highest BCUT2D eigenvalue weighted by Crippen LogP contribution is 2.33. The van der Waals surface area contributed by atoms with E-state index in [9.17, 15) is 8.42 Å². The summed E-state index contributed by atoms with van der Waals surface area (Å²) in [6.45, 7) is 7.10. The quantitative estimate of drug-likeness (QED) is 0.715. The second-order valence-corrected chi connectivity index (χ2v) is 11.5. The van der Waals surface area contributed by atoms with Crippen molar-refractivity contribution < 1.29 is 8.42 Å². The largest absolute Gasteiger partial charge is 0.296 e. The lowest BCUT2D eigenvalue weighted by molar-refractivity contribution is 0.0683. The molecule has 0 bridgehead atoms. The molecule has 2 aliphatic rings. The lowest BCUT2D eigenvalue weighted by atomic mass is 9.84. The van der Waals surface area contributed by atoms with E-state index in [0.717, 1.165) is 25.9 Å². The van der Waals surface area contributed by atoms with Crippen LogP contribution in [0.3, 0.4) is 0 Å². The number of fused-ring (bicyclic) bond motifs is 1. The molecule has 2 fully saturated rings. The molecule has 2 saturated heterocycles. The topological polar surface area (TPSA) is 40.6 Å². The lowest BCUT2D eigenvalue weighted by Crippen LogP contribution is -2.49. The number of sulfonamides is 1. The lowest BCUT2D eigenvalue weighted by Gasteiger charge is -2.43. The minimum Gasteiger partial charge on any atom is -0.296 e. The molecule has 1 atom stereocenters. The molecule has 0 spiro atoms. The molecule has 0 radical (unpaired) electrons. The number of hydrogen-bond donors (Lipinski definition) is 0. The van der Waals surface area contributed by atoms with Crippen molar-refractivity contribution in [2.45, 2.75) is 63.8 Å². The van der Waals surface area contributed by atoms with Gasteiger partial charge in [-0.1, -0.05) is 42.8 Å². The Bertz CT molecular complexity index is 933. The van der Waals surface area contributed by atoms with Crippen LogP contribution in [0.1, 0.15) is 51.5 Å². The Labute approximate surface area is 175 Å². The Balaban J connectivity index is 1.44. The van der Waals surface area contributed by atoms with Gasteiger partial charge in [0.2, 0.25) is 10.0 Å². The number of benzene rings is 2. The van der Waals surface area contributed by atoms with Crippen LogP contribution in [0.2, 0.25) is 0 Å². The molecule has 0 aromatic heterocycles. The van der Waals surface area contributed by atoms with Crippen molar-refractivity contribution in [2.75, 3.05) is 19.6 Å². The standard InChI is InChI=1S/C24H34N2O2S/c1-19(2)29(27,28)26-15-12-22(13-16-26)24-9-5-6-14-25(24)18-20-10-11-21-7-3-4-8-23(21)17-20/h3-4,7-8,10-11,17,19,22,24H,5-6,9,12-16,18H2,1-2H3. The van der Waals surface area contributed by atoms with Gasteiger partial charge < -0.3 is 0 Å². The van der Waals surface area contributed by atoms with Crippen LogP contribution in [0.5, 0.6) is 0 Å². The van der Waals surface area contributed by atoms with Crippen molar-refractivity contribution in [3.05, 3.63) is 48.0 Å². The number of nitrogens with zero attached hydrogens (tertiary/aromatic N) is 2. The third-order valence-electron chi connectivity index (χ3n) is 6.86. The molecule has 4 nitrogen and oxygen atoms in total. The molecule has 2 aromatic rings. The van der Waals surface area contributed by atoms with E-state index in [0.29, 0.717) is 25.0 Å². The zero-order chi connectivity index (χ0) is 20.4. The fourth-order valence-corrected chi connectivity index (χ4v) is 6.45. The summed E-state index contributed by atoms with van der Waals surface area (Å²) in [6, 6.07) is 16.0. The van der Waals surface area contributed by atoms with Crippen LogP contribution in [0, 0.1) is 5.92 Å². The molecule has 0 aliphatic carbocycles. The molecule has 4 rings (SSSR count). The molecular weight excluding hydrogens is 380 g/mol. The van der Waals surface area contributed by atoms with E-state index in [2.05, 4.69) is 47.4 Å². The van der Waals surface area contributed by atoms with Crippen LogP contribution >= 0.6 is 0 Å². The van der Waals surface area contributed by atoms with E-state index >= 15 is 0 Å². The average Bonchev–Trinajstić information content (AvgIpc) is 2.74. The van der Waals surface area contributed by atoms with Gasteiger partial charge in [0.05, 0.1) is 5.25 Å². The second kappa shape index (κ2) is 8.75. The molecular formula is C24H34N2O2S. The van der Waals surface area contributed by atoms with E-state index in [1.165, 1.54) is 35.6 Å². The Morgan fingerprint density at radius 1 is 0.931 bits per heavy atom. The predicted molar refractivity (Wildman–Crippen MR) is 120 cm³/mol. The van der Waals surface area contributed by atoms with E-state index in [1.54, 1.807) is 18.2 Å². The van der Waals surface area contributed by atoms with Gasteiger partial charge in [-0.25, -0.2) is 12.7 Å². The maximum Gasteiger partial charge on any atom is 0.216 e.